The van der Waals surface area contributed by atoms with E-state index in [0.717, 1.165) is 24.3 Å². The normalized spacial score (nSPS) is 15.4. The van der Waals surface area contributed by atoms with Gasteiger partial charge >= 0.3 is 0 Å². The summed E-state index contributed by atoms with van der Waals surface area (Å²) in [7, 11) is 3.25. The van der Waals surface area contributed by atoms with E-state index in [-0.39, 0.29) is 24.2 Å². The Kier molecular flexibility index (Phi) is 6.42. The van der Waals surface area contributed by atoms with Crippen LogP contribution in [0.15, 0.2) is 12.1 Å². The molecule has 25 heavy (non-hydrogen) atoms. The van der Waals surface area contributed by atoms with Crippen molar-refractivity contribution in [2.45, 2.75) is 39.8 Å². The Morgan fingerprint density at radius 2 is 1.76 bits per heavy atom. The van der Waals surface area contributed by atoms with Crippen LogP contribution in [0.1, 0.15) is 31.9 Å². The van der Waals surface area contributed by atoms with E-state index in [0.29, 0.717) is 12.3 Å². The number of hydrogen-bond donors (Lipinski definition) is 1. The van der Waals surface area contributed by atoms with Gasteiger partial charge in [0.15, 0.2) is 17.3 Å². The topological polar surface area (TPSA) is 67.9 Å². The maximum absolute atomic E-state index is 12.3. The fourth-order valence-electron chi connectivity index (χ4n) is 3.24. The van der Waals surface area contributed by atoms with E-state index in [2.05, 4.69) is 10.2 Å². The van der Waals surface area contributed by atoms with Gasteiger partial charge in [0.25, 0.3) is 0 Å². The first-order chi connectivity index (χ1) is 11.8. The second-order valence-electron chi connectivity index (χ2n) is 6.84. The van der Waals surface area contributed by atoms with Gasteiger partial charge in [0.1, 0.15) is 0 Å². The zero-order valence-electron chi connectivity index (χ0n) is 15.7. The van der Waals surface area contributed by atoms with Crippen molar-refractivity contribution in [1.29, 1.82) is 0 Å². The highest BCUT2D eigenvalue weighted by molar-refractivity contribution is 5.88. The lowest BCUT2D eigenvalue weighted by Gasteiger charge is -2.29. The fourth-order valence-corrected chi connectivity index (χ4v) is 3.24. The molecule has 1 aliphatic heterocycles. The molecule has 0 aromatic heterocycles. The van der Waals surface area contributed by atoms with Crippen molar-refractivity contribution in [2.24, 2.45) is 5.92 Å². The van der Waals surface area contributed by atoms with Crippen molar-refractivity contribution < 1.29 is 19.1 Å². The molecule has 0 radical (unpaired) electrons. The lowest BCUT2D eigenvalue weighted by Crippen LogP contribution is -2.48. The molecule has 1 unspecified atom stereocenters. The summed E-state index contributed by atoms with van der Waals surface area (Å²) < 4.78 is 10.7. The first-order valence-electron chi connectivity index (χ1n) is 8.61. The first kappa shape index (κ1) is 19.2. The molecule has 1 aliphatic rings. The minimum Gasteiger partial charge on any atom is -0.493 e. The Balaban J connectivity index is 2.03. The molecule has 0 spiro atoms. The molecule has 1 aromatic carbocycles. The van der Waals surface area contributed by atoms with Crippen LogP contribution in [0.2, 0.25) is 0 Å². The standard InChI is InChI=1S/C19H28N2O4/c1-12(2)19(13(3)22)20-18(23)11-21-7-6-14-8-16(24-4)17(25-5)9-15(14)10-21/h8-9,12,19H,6-7,10-11H2,1-5H3,(H,20,23). The molecule has 0 saturated heterocycles. The van der Waals surface area contributed by atoms with Gasteiger partial charge < -0.3 is 14.8 Å². The van der Waals surface area contributed by atoms with Gasteiger partial charge in [0.05, 0.1) is 26.8 Å². The second kappa shape index (κ2) is 8.34. The number of ketones is 1. The van der Waals surface area contributed by atoms with Crippen molar-refractivity contribution in [1.82, 2.24) is 10.2 Å². The SMILES string of the molecule is COc1cc2c(cc1OC)CN(CC(=O)NC(C(C)=O)C(C)C)CC2. The average Bonchev–Trinajstić information content (AvgIpc) is 2.57. The maximum atomic E-state index is 12.3. The fraction of sp³-hybridized carbons (Fsp3) is 0.579. The van der Waals surface area contributed by atoms with Crippen LogP contribution in [-0.2, 0) is 22.6 Å². The van der Waals surface area contributed by atoms with Gasteiger partial charge in [-0.1, -0.05) is 13.8 Å². The molecule has 1 atom stereocenters. The average molecular weight is 348 g/mol. The molecule has 1 amide bonds. The number of rotatable bonds is 7. The highest BCUT2D eigenvalue weighted by atomic mass is 16.5. The van der Waals surface area contributed by atoms with Gasteiger partial charge in [-0.05, 0) is 42.5 Å². The van der Waals surface area contributed by atoms with Gasteiger partial charge in [-0.2, -0.15) is 0 Å². The molecule has 0 fully saturated rings. The molecule has 138 valence electrons. The van der Waals surface area contributed by atoms with Crippen LogP contribution in [0, 0.1) is 5.92 Å². The van der Waals surface area contributed by atoms with Crippen LogP contribution < -0.4 is 14.8 Å². The van der Waals surface area contributed by atoms with Gasteiger partial charge in [0.2, 0.25) is 5.91 Å². The quantitative estimate of drug-likeness (QED) is 0.814. The van der Waals surface area contributed by atoms with Crippen molar-refractivity contribution in [2.75, 3.05) is 27.3 Å². The number of fused-ring (bicyclic) bond motifs is 1. The van der Waals surface area contributed by atoms with Crippen LogP contribution >= 0.6 is 0 Å². The zero-order chi connectivity index (χ0) is 18.6. The van der Waals surface area contributed by atoms with Gasteiger partial charge in [-0.25, -0.2) is 0 Å². The number of ether oxygens (including phenoxy) is 2. The number of amides is 1. The number of carbonyl (C=O) groups is 2. The van der Waals surface area contributed by atoms with E-state index in [1.807, 2.05) is 26.0 Å². The third-order valence-corrected chi connectivity index (χ3v) is 4.59. The molecule has 0 bridgehead atoms. The summed E-state index contributed by atoms with van der Waals surface area (Å²) in [5.74, 6) is 1.39. The molecule has 6 nitrogen and oxygen atoms in total. The van der Waals surface area contributed by atoms with Crippen molar-refractivity contribution >= 4 is 11.7 Å². The number of hydrogen-bond acceptors (Lipinski definition) is 5. The number of nitrogens with zero attached hydrogens (tertiary/aromatic N) is 1. The molecule has 1 aromatic rings. The second-order valence-corrected chi connectivity index (χ2v) is 6.84. The maximum Gasteiger partial charge on any atom is 0.234 e. The Morgan fingerprint density at radius 1 is 1.16 bits per heavy atom. The molecule has 1 N–H and O–H groups in total. The number of carbonyl (C=O) groups excluding carboxylic acids is 2. The minimum atomic E-state index is -0.422. The lowest BCUT2D eigenvalue weighted by atomic mass is 9.98. The van der Waals surface area contributed by atoms with Gasteiger partial charge in [-0.15, -0.1) is 0 Å². The molecule has 0 aliphatic carbocycles. The van der Waals surface area contributed by atoms with Crippen LogP contribution in [0.25, 0.3) is 0 Å². The Morgan fingerprint density at radius 3 is 2.28 bits per heavy atom. The molecule has 6 heteroatoms. The smallest absolute Gasteiger partial charge is 0.234 e. The summed E-state index contributed by atoms with van der Waals surface area (Å²) >= 11 is 0. The lowest BCUT2D eigenvalue weighted by molar-refractivity contribution is -0.128. The van der Waals surface area contributed by atoms with Crippen LogP contribution in [0.5, 0.6) is 11.5 Å². The van der Waals surface area contributed by atoms with Crippen LogP contribution in [-0.4, -0.2) is 49.9 Å². The van der Waals surface area contributed by atoms with Crippen LogP contribution in [0.3, 0.4) is 0 Å². The van der Waals surface area contributed by atoms with Crippen molar-refractivity contribution in [3.63, 3.8) is 0 Å². The van der Waals surface area contributed by atoms with E-state index in [1.165, 1.54) is 12.5 Å². The Labute approximate surface area is 149 Å². The highest BCUT2D eigenvalue weighted by Crippen LogP contribution is 2.33. The number of Topliss-reactive ketones (excluding diaryl/α,β-unsaturated/α-hetero) is 1. The summed E-state index contributed by atoms with van der Waals surface area (Å²) in [5.41, 5.74) is 2.36. The van der Waals surface area contributed by atoms with Gasteiger partial charge in [0, 0.05) is 13.1 Å². The van der Waals surface area contributed by atoms with E-state index < -0.39 is 6.04 Å². The molecular formula is C19H28N2O4. The molecule has 2 rings (SSSR count). The summed E-state index contributed by atoms with van der Waals surface area (Å²) in [6, 6.07) is 3.56. The molecular weight excluding hydrogens is 320 g/mol. The van der Waals surface area contributed by atoms with E-state index >= 15 is 0 Å². The molecule has 1 heterocycles. The predicted molar refractivity (Wildman–Crippen MR) is 96.0 cm³/mol. The minimum absolute atomic E-state index is 0.0100. The van der Waals surface area contributed by atoms with E-state index in [1.54, 1.807) is 14.2 Å². The zero-order valence-corrected chi connectivity index (χ0v) is 15.7. The summed E-state index contributed by atoms with van der Waals surface area (Å²) in [4.78, 5) is 26.1. The number of methoxy groups -OCH3 is 2. The number of nitrogens with one attached hydrogen (secondary N) is 1. The summed E-state index contributed by atoms with van der Waals surface area (Å²) in [6.45, 7) is 7.14. The predicted octanol–water partition coefficient (Wildman–Crippen LogP) is 1.79. The molecule has 0 saturated carbocycles. The van der Waals surface area contributed by atoms with Gasteiger partial charge in [-0.3, -0.25) is 14.5 Å². The van der Waals surface area contributed by atoms with E-state index in [9.17, 15) is 9.59 Å². The first-order valence-corrected chi connectivity index (χ1v) is 8.61. The number of benzene rings is 1. The van der Waals surface area contributed by atoms with E-state index in [4.69, 9.17) is 9.47 Å². The summed E-state index contributed by atoms with van der Waals surface area (Å²) in [6.07, 6.45) is 0.850. The summed E-state index contributed by atoms with van der Waals surface area (Å²) in [5, 5.41) is 2.85. The monoisotopic (exact) mass is 348 g/mol. The van der Waals surface area contributed by atoms with Crippen LogP contribution in [0.4, 0.5) is 0 Å². The Hall–Kier alpha value is -2.08. The Bertz CT molecular complexity index is 643. The third kappa shape index (κ3) is 4.72. The largest absolute Gasteiger partial charge is 0.493 e. The van der Waals surface area contributed by atoms with Crippen molar-refractivity contribution in [3.05, 3.63) is 23.3 Å². The van der Waals surface area contributed by atoms with Crippen molar-refractivity contribution in [3.8, 4) is 11.5 Å². The highest BCUT2D eigenvalue weighted by Gasteiger charge is 2.24. The third-order valence-electron chi connectivity index (χ3n) is 4.59.